The van der Waals surface area contributed by atoms with Crippen molar-refractivity contribution in [1.29, 1.82) is 0 Å². The molecule has 27 heavy (non-hydrogen) atoms. The van der Waals surface area contributed by atoms with Crippen molar-refractivity contribution in [2.75, 3.05) is 44.7 Å². The van der Waals surface area contributed by atoms with Gasteiger partial charge in [-0.25, -0.2) is 0 Å². The number of nitrogens with zero attached hydrogens (tertiary/aromatic N) is 4. The minimum Gasteiger partial charge on any atom is -0.369 e. The van der Waals surface area contributed by atoms with Crippen molar-refractivity contribution < 1.29 is 0 Å². The third-order valence-electron chi connectivity index (χ3n) is 5.01. The van der Waals surface area contributed by atoms with E-state index in [9.17, 15) is 0 Å². The highest BCUT2D eigenvalue weighted by molar-refractivity contribution is 5.79. The summed E-state index contributed by atoms with van der Waals surface area (Å²) in [5.41, 5.74) is 2.33. The number of benzene rings is 1. The highest BCUT2D eigenvalue weighted by Crippen LogP contribution is 2.16. The van der Waals surface area contributed by atoms with Gasteiger partial charge in [0.2, 0.25) is 0 Å². The van der Waals surface area contributed by atoms with Crippen LogP contribution in [-0.2, 0) is 6.54 Å². The van der Waals surface area contributed by atoms with Gasteiger partial charge in [-0.05, 0) is 31.2 Å². The number of anilines is 1. The Kier molecular flexibility index (Phi) is 7.04. The number of piperazine rings is 1. The van der Waals surface area contributed by atoms with E-state index in [0.29, 0.717) is 12.6 Å². The molecule has 1 aliphatic rings. The Labute approximate surface area is 162 Å². The number of rotatable bonds is 6. The quantitative estimate of drug-likeness (QED) is 0.605. The van der Waals surface area contributed by atoms with Crippen LogP contribution in [0.2, 0.25) is 0 Å². The minimum atomic E-state index is 0.455. The first-order chi connectivity index (χ1) is 13.3. The summed E-state index contributed by atoms with van der Waals surface area (Å²) in [5.74, 6) is 0.815. The summed E-state index contributed by atoms with van der Waals surface area (Å²) in [7, 11) is 1.80. The van der Waals surface area contributed by atoms with Gasteiger partial charge in [-0.3, -0.25) is 14.9 Å². The van der Waals surface area contributed by atoms with Crippen LogP contribution in [0, 0.1) is 0 Å². The van der Waals surface area contributed by atoms with Crippen LogP contribution >= 0.6 is 0 Å². The zero-order valence-corrected chi connectivity index (χ0v) is 16.3. The SMILES string of the molecule is CN=C(NCc1ccccn1)NCC(C)N1CCN(c2ccccc2)CC1. The van der Waals surface area contributed by atoms with E-state index in [1.54, 1.807) is 7.05 Å². The Morgan fingerprint density at radius 2 is 1.78 bits per heavy atom. The van der Waals surface area contributed by atoms with Crippen molar-refractivity contribution in [1.82, 2.24) is 20.5 Å². The molecule has 1 aromatic heterocycles. The molecule has 1 aromatic carbocycles. The average molecular weight is 367 g/mol. The molecule has 0 radical (unpaired) electrons. The van der Waals surface area contributed by atoms with E-state index in [2.05, 4.69) is 67.7 Å². The number of aliphatic imine (C=N–C) groups is 1. The standard InChI is InChI=1S/C21H30N6/c1-18(16-24-21(22-2)25-17-19-8-6-7-11-23-19)26-12-14-27(15-13-26)20-9-4-3-5-10-20/h3-11,18H,12-17H2,1-2H3,(H2,22,24,25). The second-order valence-corrected chi connectivity index (χ2v) is 6.84. The predicted molar refractivity (Wildman–Crippen MR) is 112 cm³/mol. The molecule has 0 spiro atoms. The maximum absolute atomic E-state index is 4.33. The van der Waals surface area contributed by atoms with E-state index in [0.717, 1.165) is 44.4 Å². The molecule has 1 fully saturated rings. The zero-order chi connectivity index (χ0) is 18.9. The number of aromatic nitrogens is 1. The van der Waals surface area contributed by atoms with Gasteiger partial charge in [0.15, 0.2) is 5.96 Å². The molecule has 1 aliphatic heterocycles. The summed E-state index contributed by atoms with van der Waals surface area (Å²) in [6, 6.07) is 17.1. The lowest BCUT2D eigenvalue weighted by molar-refractivity contribution is 0.197. The fraction of sp³-hybridized carbons (Fsp3) is 0.429. The first kappa shape index (κ1) is 19.2. The van der Waals surface area contributed by atoms with Gasteiger partial charge in [0.25, 0.3) is 0 Å². The van der Waals surface area contributed by atoms with Gasteiger partial charge in [-0.15, -0.1) is 0 Å². The van der Waals surface area contributed by atoms with Gasteiger partial charge in [0.1, 0.15) is 0 Å². The van der Waals surface area contributed by atoms with E-state index in [1.165, 1.54) is 5.69 Å². The van der Waals surface area contributed by atoms with Crippen LogP contribution in [0.3, 0.4) is 0 Å². The third-order valence-corrected chi connectivity index (χ3v) is 5.01. The van der Waals surface area contributed by atoms with E-state index in [-0.39, 0.29) is 0 Å². The lowest BCUT2D eigenvalue weighted by atomic mass is 10.2. The Balaban J connectivity index is 1.40. The van der Waals surface area contributed by atoms with Crippen molar-refractivity contribution in [3.05, 3.63) is 60.4 Å². The first-order valence-corrected chi connectivity index (χ1v) is 9.64. The van der Waals surface area contributed by atoms with Crippen molar-refractivity contribution in [3.63, 3.8) is 0 Å². The van der Waals surface area contributed by atoms with Gasteiger partial charge < -0.3 is 15.5 Å². The second-order valence-electron chi connectivity index (χ2n) is 6.84. The Morgan fingerprint density at radius 1 is 1.04 bits per heavy atom. The fourth-order valence-electron chi connectivity index (χ4n) is 3.33. The third kappa shape index (κ3) is 5.69. The molecule has 1 unspecified atom stereocenters. The molecule has 6 nitrogen and oxygen atoms in total. The summed E-state index contributed by atoms with van der Waals surface area (Å²) in [4.78, 5) is 13.6. The van der Waals surface area contributed by atoms with Crippen LogP contribution in [-0.4, -0.2) is 61.7 Å². The minimum absolute atomic E-state index is 0.455. The Hall–Kier alpha value is -2.60. The van der Waals surface area contributed by atoms with Crippen LogP contribution in [0.5, 0.6) is 0 Å². The lowest BCUT2D eigenvalue weighted by Crippen LogP contribution is -2.53. The smallest absolute Gasteiger partial charge is 0.191 e. The van der Waals surface area contributed by atoms with Crippen molar-refractivity contribution in [2.24, 2.45) is 4.99 Å². The largest absolute Gasteiger partial charge is 0.369 e. The van der Waals surface area contributed by atoms with Gasteiger partial charge >= 0.3 is 0 Å². The number of guanidine groups is 1. The number of para-hydroxylation sites is 1. The van der Waals surface area contributed by atoms with E-state index in [4.69, 9.17) is 0 Å². The first-order valence-electron chi connectivity index (χ1n) is 9.64. The zero-order valence-electron chi connectivity index (χ0n) is 16.3. The number of hydrogen-bond donors (Lipinski definition) is 2. The molecular formula is C21H30N6. The van der Waals surface area contributed by atoms with Crippen LogP contribution in [0.15, 0.2) is 59.7 Å². The van der Waals surface area contributed by atoms with Gasteiger partial charge in [-0.1, -0.05) is 24.3 Å². The van der Waals surface area contributed by atoms with Gasteiger partial charge in [0, 0.05) is 57.7 Å². The molecule has 0 amide bonds. The number of nitrogens with one attached hydrogen (secondary N) is 2. The molecule has 0 bridgehead atoms. The van der Waals surface area contributed by atoms with Crippen LogP contribution < -0.4 is 15.5 Å². The molecule has 1 saturated heterocycles. The molecule has 144 valence electrons. The maximum atomic E-state index is 4.33. The predicted octanol–water partition coefficient (Wildman–Crippen LogP) is 1.96. The fourth-order valence-corrected chi connectivity index (χ4v) is 3.33. The summed E-state index contributed by atoms with van der Waals surface area (Å²) < 4.78 is 0. The van der Waals surface area contributed by atoms with Crippen LogP contribution in [0.4, 0.5) is 5.69 Å². The van der Waals surface area contributed by atoms with E-state index < -0.39 is 0 Å². The molecule has 2 aromatic rings. The van der Waals surface area contributed by atoms with Crippen molar-refractivity contribution in [2.45, 2.75) is 19.5 Å². The molecule has 2 N–H and O–H groups in total. The Morgan fingerprint density at radius 3 is 2.44 bits per heavy atom. The molecule has 0 saturated carbocycles. The van der Waals surface area contributed by atoms with Crippen LogP contribution in [0.25, 0.3) is 0 Å². The number of pyridine rings is 1. The summed E-state index contributed by atoms with van der Waals surface area (Å²) in [5, 5.41) is 6.76. The van der Waals surface area contributed by atoms with E-state index in [1.807, 2.05) is 24.4 Å². The Bertz CT molecular complexity index is 695. The highest BCUT2D eigenvalue weighted by Gasteiger charge is 2.21. The summed E-state index contributed by atoms with van der Waals surface area (Å²) in [6.45, 7) is 8.12. The monoisotopic (exact) mass is 366 g/mol. The molecule has 1 atom stereocenters. The van der Waals surface area contributed by atoms with Crippen molar-refractivity contribution >= 4 is 11.6 Å². The topological polar surface area (TPSA) is 55.8 Å². The summed E-state index contributed by atoms with van der Waals surface area (Å²) in [6.07, 6.45) is 1.81. The molecule has 6 heteroatoms. The normalized spacial score (nSPS) is 16.8. The van der Waals surface area contributed by atoms with Gasteiger partial charge in [0.05, 0.1) is 12.2 Å². The average Bonchev–Trinajstić information content (AvgIpc) is 2.75. The molecule has 2 heterocycles. The molecule has 0 aliphatic carbocycles. The highest BCUT2D eigenvalue weighted by atomic mass is 15.3. The van der Waals surface area contributed by atoms with Gasteiger partial charge in [-0.2, -0.15) is 0 Å². The molecular weight excluding hydrogens is 336 g/mol. The second kappa shape index (κ2) is 9.92. The summed E-state index contributed by atoms with van der Waals surface area (Å²) >= 11 is 0. The maximum Gasteiger partial charge on any atom is 0.191 e. The van der Waals surface area contributed by atoms with Crippen molar-refractivity contribution in [3.8, 4) is 0 Å². The number of hydrogen-bond acceptors (Lipinski definition) is 4. The lowest BCUT2D eigenvalue weighted by Gasteiger charge is -2.39. The van der Waals surface area contributed by atoms with E-state index >= 15 is 0 Å². The molecule has 3 rings (SSSR count). The van der Waals surface area contributed by atoms with Crippen LogP contribution in [0.1, 0.15) is 12.6 Å².